The van der Waals surface area contributed by atoms with Crippen molar-refractivity contribution >= 4 is 5.91 Å². The van der Waals surface area contributed by atoms with Crippen LogP contribution in [0.5, 0.6) is 0 Å². The minimum Gasteiger partial charge on any atom is -0.396 e. The molecular weight excluding hydrogens is 322 g/mol. The van der Waals surface area contributed by atoms with Crippen molar-refractivity contribution in [2.75, 3.05) is 52.5 Å². The zero-order valence-electron chi connectivity index (χ0n) is 14.5. The van der Waals surface area contributed by atoms with Crippen molar-refractivity contribution in [3.63, 3.8) is 0 Å². The standard InChI is InChI=1S/C18H27N3O4/c22-14-16-13-21(12-15(16)11-19-7-9-25-10-8-19)18(24)4-6-20-5-2-1-3-17(20)23/h1-3,5,15-16,22H,4,6-14H2/t15-,16-/m1/s1. The van der Waals surface area contributed by atoms with Gasteiger partial charge in [0.1, 0.15) is 0 Å². The van der Waals surface area contributed by atoms with Crippen molar-refractivity contribution in [2.24, 2.45) is 11.8 Å². The van der Waals surface area contributed by atoms with Crippen molar-refractivity contribution in [3.05, 3.63) is 34.7 Å². The molecular formula is C18H27N3O4. The topological polar surface area (TPSA) is 75.0 Å². The van der Waals surface area contributed by atoms with Crippen LogP contribution in [0.25, 0.3) is 0 Å². The minimum atomic E-state index is -0.0878. The van der Waals surface area contributed by atoms with Gasteiger partial charge in [0, 0.05) is 70.5 Å². The van der Waals surface area contributed by atoms with E-state index in [1.165, 1.54) is 6.07 Å². The Labute approximate surface area is 147 Å². The number of aliphatic hydroxyl groups is 1. The number of aryl methyl sites for hydroxylation is 1. The summed E-state index contributed by atoms with van der Waals surface area (Å²) in [6.45, 7) is 6.04. The number of likely N-dealkylation sites (tertiary alicyclic amines) is 1. The molecule has 0 unspecified atom stereocenters. The van der Waals surface area contributed by atoms with E-state index in [1.54, 1.807) is 22.9 Å². The summed E-state index contributed by atoms with van der Waals surface area (Å²) in [5.41, 5.74) is -0.0878. The molecule has 2 saturated heterocycles. The number of amides is 1. The highest BCUT2D eigenvalue weighted by Gasteiger charge is 2.35. The van der Waals surface area contributed by atoms with Crippen LogP contribution in [0, 0.1) is 11.8 Å². The highest BCUT2D eigenvalue weighted by atomic mass is 16.5. The van der Waals surface area contributed by atoms with Crippen LogP contribution in [0.2, 0.25) is 0 Å². The number of hydrogen-bond donors (Lipinski definition) is 1. The minimum absolute atomic E-state index is 0.0543. The normalized spacial score (nSPS) is 24.6. The van der Waals surface area contributed by atoms with Crippen LogP contribution < -0.4 is 5.56 Å². The average molecular weight is 349 g/mol. The lowest BCUT2D eigenvalue weighted by Crippen LogP contribution is -2.41. The van der Waals surface area contributed by atoms with Crippen LogP contribution in [0.3, 0.4) is 0 Å². The molecule has 2 aliphatic heterocycles. The summed E-state index contributed by atoms with van der Waals surface area (Å²) in [7, 11) is 0. The fourth-order valence-electron chi connectivity index (χ4n) is 3.69. The third kappa shape index (κ3) is 4.68. The Morgan fingerprint density at radius 1 is 1.20 bits per heavy atom. The van der Waals surface area contributed by atoms with Gasteiger partial charge in [0.25, 0.3) is 5.56 Å². The molecule has 1 N–H and O–H groups in total. The maximum Gasteiger partial charge on any atom is 0.250 e. The van der Waals surface area contributed by atoms with Crippen LogP contribution >= 0.6 is 0 Å². The molecule has 25 heavy (non-hydrogen) atoms. The van der Waals surface area contributed by atoms with Crippen LogP contribution in [-0.4, -0.2) is 77.9 Å². The van der Waals surface area contributed by atoms with E-state index in [4.69, 9.17) is 4.74 Å². The Morgan fingerprint density at radius 2 is 1.96 bits per heavy atom. The van der Waals surface area contributed by atoms with Crippen LogP contribution in [0.15, 0.2) is 29.2 Å². The number of carbonyl (C=O) groups excluding carboxylic acids is 1. The summed E-state index contributed by atoms with van der Waals surface area (Å²) in [5.74, 6) is 0.483. The first-order chi connectivity index (χ1) is 12.2. The van der Waals surface area contributed by atoms with Gasteiger partial charge in [0.2, 0.25) is 5.91 Å². The predicted molar refractivity (Wildman–Crippen MR) is 93.2 cm³/mol. The maximum absolute atomic E-state index is 12.5. The van der Waals surface area contributed by atoms with Gasteiger partial charge in [-0.1, -0.05) is 6.07 Å². The average Bonchev–Trinajstić information content (AvgIpc) is 3.04. The number of carbonyl (C=O) groups is 1. The smallest absolute Gasteiger partial charge is 0.250 e. The molecule has 7 nitrogen and oxygen atoms in total. The van der Waals surface area contributed by atoms with E-state index in [0.29, 0.717) is 32.0 Å². The fourth-order valence-corrected chi connectivity index (χ4v) is 3.69. The van der Waals surface area contributed by atoms with E-state index in [0.717, 1.165) is 32.8 Å². The molecule has 2 fully saturated rings. The molecule has 3 heterocycles. The van der Waals surface area contributed by atoms with E-state index >= 15 is 0 Å². The SMILES string of the molecule is O=C(CCn1ccccc1=O)N1C[C@@H](CN2CCOCC2)[C@@H](CO)C1. The predicted octanol–water partition coefficient (Wildman–Crippen LogP) is -0.362. The third-order valence-electron chi connectivity index (χ3n) is 5.23. The summed E-state index contributed by atoms with van der Waals surface area (Å²) in [4.78, 5) is 28.4. The lowest BCUT2D eigenvalue weighted by molar-refractivity contribution is -0.130. The number of aromatic nitrogens is 1. The highest BCUT2D eigenvalue weighted by Crippen LogP contribution is 2.25. The van der Waals surface area contributed by atoms with Gasteiger partial charge >= 0.3 is 0 Å². The quantitative estimate of drug-likeness (QED) is 0.759. The first-order valence-corrected chi connectivity index (χ1v) is 9.01. The van der Waals surface area contributed by atoms with E-state index in [2.05, 4.69) is 4.90 Å². The van der Waals surface area contributed by atoms with E-state index in [1.807, 2.05) is 4.90 Å². The molecule has 0 spiro atoms. The summed E-state index contributed by atoms with van der Waals surface area (Å²) in [6.07, 6.45) is 2.02. The summed E-state index contributed by atoms with van der Waals surface area (Å²) < 4.78 is 6.94. The summed E-state index contributed by atoms with van der Waals surface area (Å²) >= 11 is 0. The van der Waals surface area contributed by atoms with Gasteiger partial charge in [0.15, 0.2) is 0 Å². The van der Waals surface area contributed by atoms with Crippen molar-refractivity contribution in [1.82, 2.24) is 14.4 Å². The molecule has 0 aromatic carbocycles. The third-order valence-corrected chi connectivity index (χ3v) is 5.23. The number of ether oxygens (including phenoxy) is 1. The Bertz CT molecular complexity index is 627. The highest BCUT2D eigenvalue weighted by molar-refractivity contribution is 5.76. The van der Waals surface area contributed by atoms with Crippen LogP contribution in [0.1, 0.15) is 6.42 Å². The molecule has 0 bridgehead atoms. The van der Waals surface area contributed by atoms with Crippen molar-refractivity contribution in [1.29, 1.82) is 0 Å². The Hall–Kier alpha value is -1.70. The number of hydrogen-bond acceptors (Lipinski definition) is 5. The van der Waals surface area contributed by atoms with Crippen LogP contribution in [0.4, 0.5) is 0 Å². The van der Waals surface area contributed by atoms with Crippen LogP contribution in [-0.2, 0) is 16.1 Å². The van der Waals surface area contributed by atoms with Gasteiger partial charge < -0.3 is 19.3 Å². The van der Waals surface area contributed by atoms with E-state index in [-0.39, 0.29) is 24.0 Å². The van der Waals surface area contributed by atoms with Crippen molar-refractivity contribution < 1.29 is 14.6 Å². The van der Waals surface area contributed by atoms with Gasteiger partial charge in [0.05, 0.1) is 13.2 Å². The van der Waals surface area contributed by atoms with Gasteiger partial charge in [-0.3, -0.25) is 14.5 Å². The molecule has 2 atom stereocenters. The second-order valence-corrected chi connectivity index (χ2v) is 6.90. The first kappa shape index (κ1) is 18.1. The molecule has 1 amide bonds. The maximum atomic E-state index is 12.5. The van der Waals surface area contributed by atoms with E-state index < -0.39 is 0 Å². The van der Waals surface area contributed by atoms with Gasteiger partial charge in [-0.05, 0) is 12.0 Å². The number of rotatable bonds is 6. The molecule has 138 valence electrons. The zero-order valence-corrected chi connectivity index (χ0v) is 14.5. The number of pyridine rings is 1. The molecule has 2 aliphatic rings. The Kier molecular flexibility index (Phi) is 6.23. The largest absolute Gasteiger partial charge is 0.396 e. The molecule has 3 rings (SSSR count). The lowest BCUT2D eigenvalue weighted by atomic mass is 9.96. The molecule has 0 aliphatic carbocycles. The number of nitrogens with zero attached hydrogens (tertiary/aromatic N) is 3. The Balaban J connectivity index is 1.52. The summed E-state index contributed by atoms with van der Waals surface area (Å²) in [5, 5.41) is 9.68. The molecule has 0 radical (unpaired) electrons. The molecule has 1 aromatic rings. The molecule has 7 heteroatoms. The zero-order chi connectivity index (χ0) is 17.6. The van der Waals surface area contributed by atoms with E-state index in [9.17, 15) is 14.7 Å². The van der Waals surface area contributed by atoms with Gasteiger partial charge in [-0.25, -0.2) is 0 Å². The monoisotopic (exact) mass is 349 g/mol. The first-order valence-electron chi connectivity index (χ1n) is 9.01. The number of aliphatic hydroxyl groups excluding tert-OH is 1. The molecule has 1 aromatic heterocycles. The lowest BCUT2D eigenvalue weighted by Gasteiger charge is -2.30. The second-order valence-electron chi connectivity index (χ2n) is 6.90. The van der Waals surface area contributed by atoms with Gasteiger partial charge in [-0.15, -0.1) is 0 Å². The summed E-state index contributed by atoms with van der Waals surface area (Å²) in [6, 6.07) is 4.99. The Morgan fingerprint density at radius 3 is 2.68 bits per heavy atom. The van der Waals surface area contributed by atoms with Gasteiger partial charge in [-0.2, -0.15) is 0 Å². The second kappa shape index (κ2) is 8.60. The van der Waals surface area contributed by atoms with Crippen molar-refractivity contribution in [2.45, 2.75) is 13.0 Å². The molecule has 0 saturated carbocycles. The fraction of sp³-hybridized carbons (Fsp3) is 0.667. The van der Waals surface area contributed by atoms with Crippen molar-refractivity contribution in [3.8, 4) is 0 Å². The number of morpholine rings is 1.